The summed E-state index contributed by atoms with van der Waals surface area (Å²) in [4.78, 5) is 16.5. The molecule has 0 bridgehead atoms. The molecule has 1 aromatic carbocycles. The quantitative estimate of drug-likeness (QED) is 0.837. The molecule has 0 aromatic heterocycles. The maximum Gasteiger partial charge on any atom is 0.241 e. The Hall–Kier alpha value is -1.57. The summed E-state index contributed by atoms with van der Waals surface area (Å²) in [6, 6.07) is 7.67. The molecule has 1 atom stereocenters. The van der Waals surface area contributed by atoms with Crippen molar-refractivity contribution in [1.29, 1.82) is 5.26 Å². The second-order valence-electron chi connectivity index (χ2n) is 6.02. The third kappa shape index (κ3) is 4.22. The maximum absolute atomic E-state index is 12.7. The van der Waals surface area contributed by atoms with Crippen molar-refractivity contribution < 1.29 is 4.79 Å². The first kappa shape index (κ1) is 16.8. The molecule has 1 heterocycles. The highest BCUT2D eigenvalue weighted by Gasteiger charge is 2.24. The van der Waals surface area contributed by atoms with Crippen LogP contribution in [-0.4, -0.2) is 37.0 Å². The first-order chi connectivity index (χ1) is 10.5. The molecule has 5 heteroatoms. The number of anilines is 1. The number of nitriles is 1. The highest BCUT2D eigenvalue weighted by atomic mass is 35.5. The fraction of sp³-hybridized carbons (Fsp3) is 0.529. The molecule has 0 saturated carbocycles. The van der Waals surface area contributed by atoms with Gasteiger partial charge in [-0.1, -0.05) is 18.5 Å². The monoisotopic (exact) mass is 319 g/mol. The van der Waals surface area contributed by atoms with Crippen LogP contribution in [0.4, 0.5) is 5.69 Å². The van der Waals surface area contributed by atoms with Crippen LogP contribution >= 0.6 is 11.6 Å². The first-order valence-electron chi connectivity index (χ1n) is 7.67. The number of aryl methyl sites for hydroxylation is 1. The minimum absolute atomic E-state index is 0.0473. The zero-order valence-corrected chi connectivity index (χ0v) is 13.9. The van der Waals surface area contributed by atoms with Crippen molar-refractivity contribution in [2.75, 3.05) is 31.1 Å². The van der Waals surface area contributed by atoms with E-state index in [0.29, 0.717) is 30.5 Å². The highest BCUT2D eigenvalue weighted by molar-refractivity contribution is 6.31. The summed E-state index contributed by atoms with van der Waals surface area (Å²) in [5, 5.41) is 9.53. The van der Waals surface area contributed by atoms with E-state index in [9.17, 15) is 4.79 Å². The van der Waals surface area contributed by atoms with Crippen LogP contribution in [0.3, 0.4) is 0 Å². The van der Waals surface area contributed by atoms with Gasteiger partial charge in [0.05, 0.1) is 19.0 Å². The third-order valence-corrected chi connectivity index (χ3v) is 4.49. The maximum atomic E-state index is 12.7. The Morgan fingerprint density at radius 2 is 2.32 bits per heavy atom. The lowest BCUT2D eigenvalue weighted by Crippen LogP contribution is -2.40. The number of likely N-dealkylation sites (tertiary alicyclic amines) is 1. The van der Waals surface area contributed by atoms with Crippen LogP contribution in [-0.2, 0) is 4.79 Å². The van der Waals surface area contributed by atoms with Gasteiger partial charge in [-0.25, -0.2) is 0 Å². The number of carbonyl (C=O) groups is 1. The Morgan fingerprint density at radius 3 is 2.91 bits per heavy atom. The van der Waals surface area contributed by atoms with Gasteiger partial charge < -0.3 is 4.90 Å². The molecule has 1 amide bonds. The molecule has 1 saturated heterocycles. The summed E-state index contributed by atoms with van der Waals surface area (Å²) in [6.07, 6.45) is 1.47. The summed E-state index contributed by atoms with van der Waals surface area (Å²) < 4.78 is 0. The van der Waals surface area contributed by atoms with Gasteiger partial charge in [0.1, 0.15) is 0 Å². The number of halogens is 1. The largest absolute Gasteiger partial charge is 0.310 e. The second-order valence-corrected chi connectivity index (χ2v) is 6.42. The molecule has 0 N–H and O–H groups in total. The zero-order chi connectivity index (χ0) is 16.1. The molecule has 4 nitrogen and oxygen atoms in total. The lowest BCUT2D eigenvalue weighted by atomic mass is 10.2. The number of amides is 1. The molecule has 0 spiro atoms. The molecule has 1 aromatic rings. The lowest BCUT2D eigenvalue weighted by Gasteiger charge is -2.25. The first-order valence-corrected chi connectivity index (χ1v) is 8.05. The van der Waals surface area contributed by atoms with Crippen molar-refractivity contribution in [3.05, 3.63) is 28.8 Å². The minimum atomic E-state index is 0.0473. The predicted molar refractivity (Wildman–Crippen MR) is 89.0 cm³/mol. The number of hydrogen-bond acceptors (Lipinski definition) is 3. The van der Waals surface area contributed by atoms with Crippen LogP contribution in [0.2, 0.25) is 5.02 Å². The molecule has 22 heavy (non-hydrogen) atoms. The van der Waals surface area contributed by atoms with Crippen molar-refractivity contribution in [3.8, 4) is 6.07 Å². The Kier molecular flexibility index (Phi) is 5.82. The fourth-order valence-electron chi connectivity index (χ4n) is 2.80. The van der Waals surface area contributed by atoms with Gasteiger partial charge in [-0.3, -0.25) is 9.69 Å². The molecule has 1 aliphatic heterocycles. The number of carbonyl (C=O) groups excluding carboxylic acids is 1. The van der Waals surface area contributed by atoms with Gasteiger partial charge in [0.25, 0.3) is 0 Å². The summed E-state index contributed by atoms with van der Waals surface area (Å²) in [5.41, 5.74) is 1.75. The van der Waals surface area contributed by atoms with E-state index < -0.39 is 0 Å². The van der Waals surface area contributed by atoms with E-state index in [1.165, 1.54) is 0 Å². The molecule has 0 radical (unpaired) electrons. The van der Waals surface area contributed by atoms with Crippen LogP contribution < -0.4 is 4.90 Å². The summed E-state index contributed by atoms with van der Waals surface area (Å²) in [7, 11) is 0. The molecule has 1 aliphatic rings. The molecular formula is C17H22ClN3O. The molecule has 2 rings (SSSR count). The second kappa shape index (κ2) is 7.62. The lowest BCUT2D eigenvalue weighted by molar-refractivity contribution is -0.119. The smallest absolute Gasteiger partial charge is 0.241 e. The Bertz CT molecular complexity index is 582. The van der Waals surface area contributed by atoms with Crippen LogP contribution in [0.1, 0.15) is 25.3 Å². The third-order valence-electron chi connectivity index (χ3n) is 4.07. The fourth-order valence-corrected chi connectivity index (χ4v) is 2.92. The van der Waals surface area contributed by atoms with Crippen molar-refractivity contribution >= 4 is 23.2 Å². The van der Waals surface area contributed by atoms with Crippen molar-refractivity contribution in [3.63, 3.8) is 0 Å². The van der Waals surface area contributed by atoms with Crippen LogP contribution in [0, 0.1) is 24.2 Å². The van der Waals surface area contributed by atoms with Gasteiger partial charge >= 0.3 is 0 Å². The average molecular weight is 320 g/mol. The Morgan fingerprint density at radius 1 is 1.55 bits per heavy atom. The minimum Gasteiger partial charge on any atom is -0.310 e. The number of rotatable bonds is 5. The molecule has 1 unspecified atom stereocenters. The van der Waals surface area contributed by atoms with Crippen molar-refractivity contribution in [2.45, 2.75) is 26.7 Å². The van der Waals surface area contributed by atoms with E-state index in [4.69, 9.17) is 16.9 Å². The van der Waals surface area contributed by atoms with Gasteiger partial charge in [-0.05, 0) is 49.6 Å². The summed E-state index contributed by atoms with van der Waals surface area (Å²) >= 11 is 6.06. The Balaban J connectivity index is 2.12. The highest BCUT2D eigenvalue weighted by Crippen LogP contribution is 2.23. The van der Waals surface area contributed by atoms with E-state index in [0.717, 1.165) is 30.8 Å². The zero-order valence-electron chi connectivity index (χ0n) is 13.2. The van der Waals surface area contributed by atoms with Gasteiger partial charge in [0, 0.05) is 23.8 Å². The number of hydrogen-bond donors (Lipinski definition) is 0. The molecule has 0 aliphatic carbocycles. The van der Waals surface area contributed by atoms with Crippen molar-refractivity contribution in [1.82, 2.24) is 4.90 Å². The van der Waals surface area contributed by atoms with Crippen LogP contribution in [0.25, 0.3) is 0 Å². The van der Waals surface area contributed by atoms with E-state index >= 15 is 0 Å². The number of benzene rings is 1. The summed E-state index contributed by atoms with van der Waals surface area (Å²) in [6.45, 7) is 6.90. The van der Waals surface area contributed by atoms with Gasteiger partial charge in [-0.15, -0.1) is 0 Å². The standard InChI is InChI=1S/C17H22ClN3O/c1-13-6-9-20(11-13)12-17(22)21(8-3-7-19)15-4-5-16(18)14(2)10-15/h4-5,10,13H,3,6,8-9,11-12H2,1-2H3. The predicted octanol–water partition coefficient (Wildman–Crippen LogP) is 3.24. The van der Waals surface area contributed by atoms with E-state index in [2.05, 4.69) is 17.9 Å². The van der Waals surface area contributed by atoms with E-state index in [1.807, 2.05) is 19.1 Å². The SMILES string of the molecule is Cc1cc(N(CCC#N)C(=O)CN2CCC(C)C2)ccc1Cl. The van der Waals surface area contributed by atoms with Crippen LogP contribution in [0.15, 0.2) is 18.2 Å². The topological polar surface area (TPSA) is 47.3 Å². The normalized spacial score (nSPS) is 18.2. The molecular weight excluding hydrogens is 298 g/mol. The molecule has 118 valence electrons. The van der Waals surface area contributed by atoms with Gasteiger partial charge in [0.15, 0.2) is 0 Å². The van der Waals surface area contributed by atoms with Crippen LogP contribution in [0.5, 0.6) is 0 Å². The van der Waals surface area contributed by atoms with E-state index in [-0.39, 0.29) is 5.91 Å². The number of nitrogens with zero attached hydrogens (tertiary/aromatic N) is 3. The van der Waals surface area contributed by atoms with Gasteiger partial charge in [-0.2, -0.15) is 5.26 Å². The van der Waals surface area contributed by atoms with Crippen molar-refractivity contribution in [2.24, 2.45) is 5.92 Å². The average Bonchev–Trinajstić information content (AvgIpc) is 2.88. The van der Waals surface area contributed by atoms with Gasteiger partial charge in [0.2, 0.25) is 5.91 Å². The Labute approximate surface area is 137 Å². The summed E-state index contributed by atoms with van der Waals surface area (Å²) in [5.74, 6) is 0.698. The van der Waals surface area contributed by atoms with E-state index in [1.54, 1.807) is 11.0 Å². The molecule has 1 fully saturated rings.